The SMILES string of the molecule is COc1ccc2c(C(=O)O)c(C)[nH]c2c1. The maximum Gasteiger partial charge on any atom is 0.338 e. The van der Waals surface area contributed by atoms with Crippen LogP contribution in [0.3, 0.4) is 0 Å². The normalized spacial score (nSPS) is 10.5. The summed E-state index contributed by atoms with van der Waals surface area (Å²) in [5.74, 6) is -0.204. The Labute approximate surface area is 86.5 Å². The van der Waals surface area contributed by atoms with Gasteiger partial charge in [-0.05, 0) is 19.1 Å². The third kappa shape index (κ3) is 1.44. The van der Waals surface area contributed by atoms with Crippen molar-refractivity contribution >= 4 is 16.9 Å². The van der Waals surface area contributed by atoms with Gasteiger partial charge in [0.15, 0.2) is 0 Å². The molecule has 0 fully saturated rings. The van der Waals surface area contributed by atoms with Crippen molar-refractivity contribution in [2.45, 2.75) is 6.92 Å². The molecule has 4 nitrogen and oxygen atoms in total. The average molecular weight is 205 g/mol. The Balaban J connectivity index is 2.74. The highest BCUT2D eigenvalue weighted by molar-refractivity contribution is 6.04. The fourth-order valence-corrected chi connectivity index (χ4v) is 1.71. The number of rotatable bonds is 2. The second kappa shape index (κ2) is 3.31. The van der Waals surface area contributed by atoms with Crippen LogP contribution in [-0.2, 0) is 0 Å². The molecule has 0 bridgehead atoms. The molecule has 2 rings (SSSR count). The van der Waals surface area contributed by atoms with E-state index in [-0.39, 0.29) is 0 Å². The molecular formula is C11H11NO3. The molecule has 0 amide bonds. The lowest BCUT2D eigenvalue weighted by Crippen LogP contribution is -1.96. The van der Waals surface area contributed by atoms with Gasteiger partial charge in [0.05, 0.1) is 18.2 Å². The molecule has 0 aliphatic heterocycles. The molecule has 0 atom stereocenters. The number of carbonyl (C=O) groups is 1. The first-order valence-electron chi connectivity index (χ1n) is 4.53. The van der Waals surface area contributed by atoms with E-state index in [9.17, 15) is 4.79 Å². The number of hydrogen-bond acceptors (Lipinski definition) is 2. The Morgan fingerprint density at radius 2 is 2.20 bits per heavy atom. The predicted octanol–water partition coefficient (Wildman–Crippen LogP) is 2.18. The van der Waals surface area contributed by atoms with E-state index < -0.39 is 5.97 Å². The zero-order valence-electron chi connectivity index (χ0n) is 8.50. The Morgan fingerprint density at radius 1 is 1.47 bits per heavy atom. The molecule has 1 aromatic heterocycles. The number of aryl methyl sites for hydroxylation is 1. The molecule has 0 saturated carbocycles. The van der Waals surface area contributed by atoms with E-state index in [1.165, 1.54) is 0 Å². The molecular weight excluding hydrogens is 194 g/mol. The average Bonchev–Trinajstić information content (AvgIpc) is 2.52. The van der Waals surface area contributed by atoms with Gasteiger partial charge in [0.25, 0.3) is 0 Å². The van der Waals surface area contributed by atoms with Crippen LogP contribution in [0.5, 0.6) is 5.75 Å². The standard InChI is InChI=1S/C11H11NO3/c1-6-10(11(13)14)8-4-3-7(15-2)5-9(8)12-6/h3-5,12H,1-2H3,(H,13,14). The summed E-state index contributed by atoms with van der Waals surface area (Å²) < 4.78 is 5.06. The molecule has 4 heteroatoms. The molecule has 15 heavy (non-hydrogen) atoms. The molecule has 0 aliphatic rings. The van der Waals surface area contributed by atoms with Crippen LogP contribution in [0.2, 0.25) is 0 Å². The maximum absolute atomic E-state index is 11.0. The first kappa shape index (κ1) is 9.58. The highest BCUT2D eigenvalue weighted by atomic mass is 16.5. The zero-order chi connectivity index (χ0) is 11.0. The first-order chi connectivity index (χ1) is 7.13. The van der Waals surface area contributed by atoms with Crippen molar-refractivity contribution in [1.82, 2.24) is 4.98 Å². The second-order valence-corrected chi connectivity index (χ2v) is 3.34. The minimum atomic E-state index is -0.913. The molecule has 0 aliphatic carbocycles. The first-order valence-corrected chi connectivity index (χ1v) is 4.53. The number of fused-ring (bicyclic) bond motifs is 1. The smallest absolute Gasteiger partial charge is 0.338 e. The molecule has 0 unspecified atom stereocenters. The van der Waals surface area contributed by atoms with Gasteiger partial charge in [-0.2, -0.15) is 0 Å². The number of carboxylic acids is 1. The molecule has 2 aromatic rings. The number of aromatic carboxylic acids is 1. The van der Waals surface area contributed by atoms with Gasteiger partial charge in [0.1, 0.15) is 5.75 Å². The van der Waals surface area contributed by atoms with Gasteiger partial charge in [0, 0.05) is 17.1 Å². The van der Waals surface area contributed by atoms with Gasteiger partial charge in [-0.1, -0.05) is 0 Å². The molecule has 1 aromatic carbocycles. The van der Waals surface area contributed by atoms with Crippen molar-refractivity contribution < 1.29 is 14.6 Å². The molecule has 0 radical (unpaired) electrons. The number of carboxylic acid groups (broad SMARTS) is 1. The minimum absolute atomic E-state index is 0.327. The van der Waals surface area contributed by atoms with Gasteiger partial charge in [0.2, 0.25) is 0 Å². The van der Waals surface area contributed by atoms with E-state index in [2.05, 4.69) is 4.98 Å². The lowest BCUT2D eigenvalue weighted by molar-refractivity contribution is 0.0698. The van der Waals surface area contributed by atoms with Crippen LogP contribution in [0.1, 0.15) is 16.1 Å². The highest BCUT2D eigenvalue weighted by Gasteiger charge is 2.14. The summed E-state index contributed by atoms with van der Waals surface area (Å²) in [5, 5.41) is 9.74. The van der Waals surface area contributed by atoms with Crippen molar-refractivity contribution in [2.24, 2.45) is 0 Å². The number of benzene rings is 1. The largest absolute Gasteiger partial charge is 0.497 e. The quantitative estimate of drug-likeness (QED) is 0.789. The molecule has 78 valence electrons. The minimum Gasteiger partial charge on any atom is -0.497 e. The van der Waals surface area contributed by atoms with Crippen molar-refractivity contribution in [3.05, 3.63) is 29.5 Å². The molecule has 1 heterocycles. The van der Waals surface area contributed by atoms with E-state index >= 15 is 0 Å². The summed E-state index contributed by atoms with van der Waals surface area (Å²) >= 11 is 0. The summed E-state index contributed by atoms with van der Waals surface area (Å²) in [4.78, 5) is 14.0. The van der Waals surface area contributed by atoms with Crippen LogP contribution in [0.15, 0.2) is 18.2 Å². The van der Waals surface area contributed by atoms with Crippen molar-refractivity contribution in [1.29, 1.82) is 0 Å². The Morgan fingerprint density at radius 3 is 2.80 bits per heavy atom. The van der Waals surface area contributed by atoms with E-state index in [4.69, 9.17) is 9.84 Å². The van der Waals surface area contributed by atoms with E-state index in [0.717, 1.165) is 5.52 Å². The molecule has 2 N–H and O–H groups in total. The maximum atomic E-state index is 11.0. The Hall–Kier alpha value is -1.97. The second-order valence-electron chi connectivity index (χ2n) is 3.34. The lowest BCUT2D eigenvalue weighted by atomic mass is 10.1. The number of aromatic amines is 1. The van der Waals surface area contributed by atoms with E-state index in [0.29, 0.717) is 22.4 Å². The van der Waals surface area contributed by atoms with Gasteiger partial charge in [-0.15, -0.1) is 0 Å². The van der Waals surface area contributed by atoms with Gasteiger partial charge in [-0.3, -0.25) is 0 Å². The number of nitrogens with one attached hydrogen (secondary N) is 1. The van der Waals surface area contributed by atoms with Crippen LogP contribution in [-0.4, -0.2) is 23.2 Å². The van der Waals surface area contributed by atoms with Crippen LogP contribution in [0.25, 0.3) is 10.9 Å². The van der Waals surface area contributed by atoms with Crippen molar-refractivity contribution in [2.75, 3.05) is 7.11 Å². The zero-order valence-corrected chi connectivity index (χ0v) is 8.50. The fraction of sp³-hybridized carbons (Fsp3) is 0.182. The predicted molar refractivity (Wildman–Crippen MR) is 56.5 cm³/mol. The number of hydrogen-bond donors (Lipinski definition) is 2. The van der Waals surface area contributed by atoms with Gasteiger partial charge >= 0.3 is 5.97 Å². The van der Waals surface area contributed by atoms with Crippen molar-refractivity contribution in [3.63, 3.8) is 0 Å². The molecule has 0 spiro atoms. The van der Waals surface area contributed by atoms with Crippen molar-refractivity contribution in [3.8, 4) is 5.75 Å². The number of ether oxygens (including phenoxy) is 1. The van der Waals surface area contributed by atoms with Crippen LogP contribution in [0.4, 0.5) is 0 Å². The van der Waals surface area contributed by atoms with Crippen LogP contribution >= 0.6 is 0 Å². The summed E-state index contributed by atoms with van der Waals surface area (Å²) in [7, 11) is 1.58. The molecule has 0 saturated heterocycles. The number of methoxy groups -OCH3 is 1. The Bertz CT molecular complexity index is 528. The summed E-state index contributed by atoms with van der Waals surface area (Å²) in [6.07, 6.45) is 0. The highest BCUT2D eigenvalue weighted by Crippen LogP contribution is 2.25. The van der Waals surface area contributed by atoms with Crippen LogP contribution in [0, 0.1) is 6.92 Å². The third-order valence-corrected chi connectivity index (χ3v) is 2.41. The van der Waals surface area contributed by atoms with Crippen LogP contribution < -0.4 is 4.74 Å². The van der Waals surface area contributed by atoms with E-state index in [1.807, 2.05) is 0 Å². The number of H-pyrrole nitrogens is 1. The summed E-state index contributed by atoms with van der Waals surface area (Å²) in [5.41, 5.74) is 1.77. The Kier molecular flexibility index (Phi) is 2.11. The van der Waals surface area contributed by atoms with Gasteiger partial charge < -0.3 is 14.8 Å². The summed E-state index contributed by atoms with van der Waals surface area (Å²) in [6, 6.07) is 5.29. The van der Waals surface area contributed by atoms with Gasteiger partial charge in [-0.25, -0.2) is 4.79 Å². The third-order valence-electron chi connectivity index (χ3n) is 2.41. The van der Waals surface area contributed by atoms with E-state index in [1.54, 1.807) is 32.2 Å². The fourth-order valence-electron chi connectivity index (χ4n) is 1.71. The number of aromatic nitrogens is 1. The summed E-state index contributed by atoms with van der Waals surface area (Å²) in [6.45, 7) is 1.75. The monoisotopic (exact) mass is 205 g/mol. The lowest BCUT2D eigenvalue weighted by Gasteiger charge is -1.98. The topological polar surface area (TPSA) is 62.3 Å².